The summed E-state index contributed by atoms with van der Waals surface area (Å²) >= 11 is 0. The van der Waals surface area contributed by atoms with Crippen LogP contribution in [0, 0.1) is 5.92 Å². The highest BCUT2D eigenvalue weighted by Crippen LogP contribution is 2.18. The van der Waals surface area contributed by atoms with Crippen LogP contribution in [0.1, 0.15) is 30.3 Å². The van der Waals surface area contributed by atoms with Crippen molar-refractivity contribution in [2.24, 2.45) is 18.7 Å². The van der Waals surface area contributed by atoms with Crippen LogP contribution < -0.4 is 16.4 Å². The first kappa shape index (κ1) is 16.5. The number of halogens is 1. The maximum absolute atomic E-state index is 12.1. The van der Waals surface area contributed by atoms with E-state index in [2.05, 4.69) is 17.6 Å². The van der Waals surface area contributed by atoms with E-state index in [1.165, 1.54) is 0 Å². The van der Waals surface area contributed by atoms with Crippen molar-refractivity contribution in [3.05, 3.63) is 18.0 Å². The van der Waals surface area contributed by atoms with E-state index in [-0.39, 0.29) is 24.4 Å². The maximum atomic E-state index is 12.1. The second-order valence-corrected chi connectivity index (χ2v) is 5.21. The van der Waals surface area contributed by atoms with Gasteiger partial charge < -0.3 is 20.9 Å². The minimum Gasteiger partial charge on any atom is -0.364 e. The Bertz CT molecular complexity index is 501. The van der Waals surface area contributed by atoms with Crippen molar-refractivity contribution in [3.63, 3.8) is 0 Å². The fourth-order valence-corrected chi connectivity index (χ4v) is 2.41. The van der Waals surface area contributed by atoms with E-state index >= 15 is 0 Å². The topological polar surface area (TPSA) is 89.2 Å². The van der Waals surface area contributed by atoms with Crippen LogP contribution in [0.2, 0.25) is 0 Å². The number of hydrogen-bond acceptors (Lipinski definition) is 3. The SMILES string of the molecule is CC1CCNC(C(=O)Nc2cc(C(N)=O)n(C)c2)C1.Cl. The molecule has 1 aliphatic heterocycles. The number of piperidine rings is 1. The van der Waals surface area contributed by atoms with Gasteiger partial charge in [0.1, 0.15) is 5.69 Å². The number of nitrogens with one attached hydrogen (secondary N) is 2. The first-order valence-corrected chi connectivity index (χ1v) is 6.47. The van der Waals surface area contributed by atoms with Crippen molar-refractivity contribution in [3.8, 4) is 0 Å². The molecule has 1 aromatic heterocycles. The van der Waals surface area contributed by atoms with Crippen LogP contribution in [0.4, 0.5) is 5.69 Å². The molecule has 2 unspecified atom stereocenters. The second-order valence-electron chi connectivity index (χ2n) is 5.21. The third-order valence-electron chi connectivity index (χ3n) is 3.51. The van der Waals surface area contributed by atoms with E-state index in [1.54, 1.807) is 23.9 Å². The minimum atomic E-state index is -0.507. The van der Waals surface area contributed by atoms with Gasteiger partial charge in [-0.05, 0) is 31.4 Å². The summed E-state index contributed by atoms with van der Waals surface area (Å²) in [7, 11) is 1.72. The highest BCUT2D eigenvalue weighted by Gasteiger charge is 2.24. The number of nitrogens with zero attached hydrogens (tertiary/aromatic N) is 1. The maximum Gasteiger partial charge on any atom is 0.265 e. The Morgan fingerprint density at radius 1 is 1.50 bits per heavy atom. The van der Waals surface area contributed by atoms with E-state index in [4.69, 9.17) is 5.73 Å². The molecule has 0 aromatic carbocycles. The molecule has 20 heavy (non-hydrogen) atoms. The standard InChI is InChI=1S/C13H20N4O2.ClH/c1-8-3-4-15-10(5-8)13(19)16-9-6-11(12(14)18)17(2)7-9;/h6-8,10,15H,3-5H2,1-2H3,(H2,14,18)(H,16,19);1H. The number of aromatic nitrogens is 1. The van der Waals surface area contributed by atoms with E-state index in [0.717, 1.165) is 19.4 Å². The summed E-state index contributed by atoms with van der Waals surface area (Å²) in [4.78, 5) is 23.2. The normalized spacial score (nSPS) is 21.9. The van der Waals surface area contributed by atoms with Crippen molar-refractivity contribution in [1.82, 2.24) is 9.88 Å². The van der Waals surface area contributed by atoms with Crippen LogP contribution in [0.3, 0.4) is 0 Å². The molecule has 7 heteroatoms. The molecule has 1 saturated heterocycles. The molecule has 6 nitrogen and oxygen atoms in total. The van der Waals surface area contributed by atoms with Gasteiger partial charge >= 0.3 is 0 Å². The Labute approximate surface area is 124 Å². The summed E-state index contributed by atoms with van der Waals surface area (Å²) < 4.78 is 1.61. The van der Waals surface area contributed by atoms with Gasteiger partial charge in [0.2, 0.25) is 5.91 Å². The first-order chi connectivity index (χ1) is 8.97. The monoisotopic (exact) mass is 300 g/mol. The van der Waals surface area contributed by atoms with Gasteiger partial charge in [0, 0.05) is 13.2 Å². The highest BCUT2D eigenvalue weighted by molar-refractivity contribution is 5.97. The molecule has 2 heterocycles. The molecule has 1 fully saturated rings. The van der Waals surface area contributed by atoms with Gasteiger partial charge in [0.15, 0.2) is 0 Å². The number of nitrogens with two attached hydrogens (primary N) is 1. The Balaban J connectivity index is 0.00000200. The minimum absolute atomic E-state index is 0. The molecular weight excluding hydrogens is 280 g/mol. The summed E-state index contributed by atoms with van der Waals surface area (Å²) in [6, 6.07) is 1.42. The summed E-state index contributed by atoms with van der Waals surface area (Å²) in [5.74, 6) is -0.0189. The predicted octanol–water partition coefficient (Wildman–Crippen LogP) is 0.872. The van der Waals surface area contributed by atoms with E-state index < -0.39 is 5.91 Å². The number of hydrogen-bond donors (Lipinski definition) is 3. The molecule has 2 rings (SSSR count). The summed E-state index contributed by atoms with van der Waals surface area (Å²) in [5, 5.41) is 6.02. The third kappa shape index (κ3) is 3.74. The van der Waals surface area contributed by atoms with Crippen molar-refractivity contribution in [2.75, 3.05) is 11.9 Å². The van der Waals surface area contributed by atoms with E-state index in [0.29, 0.717) is 17.3 Å². The van der Waals surface area contributed by atoms with E-state index in [1.807, 2.05) is 0 Å². The number of amides is 2. The van der Waals surface area contributed by atoms with Gasteiger partial charge in [-0.3, -0.25) is 9.59 Å². The fourth-order valence-electron chi connectivity index (χ4n) is 2.41. The number of primary amides is 1. The van der Waals surface area contributed by atoms with Crippen LogP contribution >= 0.6 is 12.4 Å². The van der Waals surface area contributed by atoms with Gasteiger partial charge in [-0.2, -0.15) is 0 Å². The molecule has 0 radical (unpaired) electrons. The van der Waals surface area contributed by atoms with Gasteiger partial charge in [-0.1, -0.05) is 6.92 Å². The lowest BCUT2D eigenvalue weighted by atomic mass is 9.94. The van der Waals surface area contributed by atoms with Crippen molar-refractivity contribution in [1.29, 1.82) is 0 Å². The molecule has 2 amide bonds. The Hall–Kier alpha value is -1.53. The average Bonchev–Trinajstić information content (AvgIpc) is 2.70. The van der Waals surface area contributed by atoms with Crippen LogP contribution in [0.5, 0.6) is 0 Å². The lowest BCUT2D eigenvalue weighted by Crippen LogP contribution is -2.45. The van der Waals surface area contributed by atoms with Gasteiger partial charge in [-0.15, -0.1) is 12.4 Å². The lowest BCUT2D eigenvalue weighted by molar-refractivity contribution is -0.119. The number of anilines is 1. The number of carbonyl (C=O) groups is 2. The first-order valence-electron chi connectivity index (χ1n) is 6.47. The van der Waals surface area contributed by atoms with Crippen LogP contribution in [-0.2, 0) is 11.8 Å². The summed E-state index contributed by atoms with van der Waals surface area (Å²) in [6.07, 6.45) is 3.62. The molecule has 112 valence electrons. The van der Waals surface area contributed by atoms with Gasteiger partial charge in [-0.25, -0.2) is 0 Å². The Morgan fingerprint density at radius 3 is 2.75 bits per heavy atom. The van der Waals surface area contributed by atoms with Crippen LogP contribution in [-0.4, -0.2) is 29.0 Å². The lowest BCUT2D eigenvalue weighted by Gasteiger charge is -2.27. The molecule has 0 aliphatic carbocycles. The van der Waals surface area contributed by atoms with Crippen molar-refractivity contribution < 1.29 is 9.59 Å². The molecule has 0 spiro atoms. The highest BCUT2D eigenvalue weighted by atomic mass is 35.5. The zero-order chi connectivity index (χ0) is 14.0. The Kier molecular flexibility index (Phi) is 5.59. The fraction of sp³-hybridized carbons (Fsp3) is 0.538. The van der Waals surface area contributed by atoms with Crippen LogP contribution in [0.15, 0.2) is 12.3 Å². The summed E-state index contributed by atoms with van der Waals surface area (Å²) in [5.41, 5.74) is 6.21. The molecular formula is C13H21ClN4O2. The zero-order valence-electron chi connectivity index (χ0n) is 11.7. The average molecular weight is 301 g/mol. The number of aryl methyl sites for hydroxylation is 1. The molecule has 2 atom stereocenters. The molecule has 0 bridgehead atoms. The van der Waals surface area contributed by atoms with Gasteiger partial charge in [0.25, 0.3) is 5.91 Å². The smallest absolute Gasteiger partial charge is 0.265 e. The molecule has 0 saturated carbocycles. The van der Waals surface area contributed by atoms with Gasteiger partial charge in [0.05, 0.1) is 11.7 Å². The summed E-state index contributed by atoms with van der Waals surface area (Å²) in [6.45, 7) is 3.01. The second kappa shape index (κ2) is 6.76. The molecule has 4 N–H and O–H groups in total. The predicted molar refractivity (Wildman–Crippen MR) is 80.0 cm³/mol. The number of rotatable bonds is 3. The number of carbonyl (C=O) groups excluding carboxylic acids is 2. The molecule has 1 aromatic rings. The zero-order valence-corrected chi connectivity index (χ0v) is 12.5. The Morgan fingerprint density at radius 2 is 2.20 bits per heavy atom. The third-order valence-corrected chi connectivity index (χ3v) is 3.51. The van der Waals surface area contributed by atoms with Crippen LogP contribution in [0.25, 0.3) is 0 Å². The van der Waals surface area contributed by atoms with Crippen molar-refractivity contribution in [2.45, 2.75) is 25.8 Å². The quantitative estimate of drug-likeness (QED) is 0.774. The largest absolute Gasteiger partial charge is 0.364 e. The van der Waals surface area contributed by atoms with E-state index in [9.17, 15) is 9.59 Å². The molecule has 1 aliphatic rings. The van der Waals surface area contributed by atoms with Crippen molar-refractivity contribution >= 4 is 29.9 Å².